The Balaban J connectivity index is 0.000000980. The number of nitrogens with one attached hydrogen (secondary N) is 1. The molecule has 15 heavy (non-hydrogen) atoms. The molecule has 0 saturated carbocycles. The Morgan fingerprint density at radius 3 is 2.27 bits per heavy atom. The molecule has 1 unspecified atom stereocenters. The fourth-order valence-corrected chi connectivity index (χ4v) is 2.14. The first-order valence-electron chi connectivity index (χ1n) is 5.39. The molecule has 92 valence electrons. The molecule has 0 aromatic heterocycles. The van der Waals surface area contributed by atoms with Crippen LogP contribution in [0, 0.1) is 0 Å². The third kappa shape index (κ3) is 4.87. The Hall–Kier alpha value is 0.460. The molecule has 5 heteroatoms. The van der Waals surface area contributed by atoms with Crippen molar-refractivity contribution in [3.05, 3.63) is 0 Å². The Bertz CT molecular complexity index is 158. The molecule has 2 aliphatic heterocycles. The van der Waals surface area contributed by atoms with Crippen molar-refractivity contribution in [1.29, 1.82) is 0 Å². The van der Waals surface area contributed by atoms with Crippen LogP contribution in [0.2, 0.25) is 0 Å². The number of piperidine rings is 1. The molecule has 2 rings (SSSR count). The van der Waals surface area contributed by atoms with Crippen LogP contribution in [-0.2, 0) is 4.74 Å². The zero-order valence-corrected chi connectivity index (χ0v) is 10.9. The smallest absolute Gasteiger partial charge is 0.0715 e. The van der Waals surface area contributed by atoms with Crippen LogP contribution in [0.25, 0.3) is 0 Å². The van der Waals surface area contributed by atoms with Gasteiger partial charge in [0, 0.05) is 19.6 Å². The lowest BCUT2D eigenvalue weighted by molar-refractivity contribution is -0.0303. The number of ether oxygens (including phenoxy) is 1. The average Bonchev–Trinajstić information content (AvgIpc) is 2.62. The molecule has 0 bridgehead atoms. The van der Waals surface area contributed by atoms with E-state index in [2.05, 4.69) is 17.3 Å². The Morgan fingerprint density at radius 1 is 1.07 bits per heavy atom. The van der Waals surface area contributed by atoms with Gasteiger partial charge in [0.1, 0.15) is 0 Å². The van der Waals surface area contributed by atoms with Crippen LogP contribution in [0.5, 0.6) is 0 Å². The summed E-state index contributed by atoms with van der Waals surface area (Å²) in [4.78, 5) is 2.38. The first kappa shape index (κ1) is 15.5. The van der Waals surface area contributed by atoms with Crippen LogP contribution in [-0.4, -0.2) is 50.3 Å². The van der Waals surface area contributed by atoms with Crippen molar-refractivity contribution >= 4 is 24.8 Å². The second-order valence-corrected chi connectivity index (χ2v) is 4.25. The SMILES string of the molecule is CN1CCC(OC2CCNC2)CC1.Cl.Cl. The molecule has 0 aliphatic carbocycles. The van der Waals surface area contributed by atoms with Gasteiger partial charge in [-0.25, -0.2) is 0 Å². The molecule has 1 N–H and O–H groups in total. The maximum atomic E-state index is 6.01. The van der Waals surface area contributed by atoms with Gasteiger partial charge in [-0.15, -0.1) is 24.8 Å². The van der Waals surface area contributed by atoms with Gasteiger partial charge in [-0.1, -0.05) is 0 Å². The van der Waals surface area contributed by atoms with Gasteiger partial charge in [-0.3, -0.25) is 0 Å². The van der Waals surface area contributed by atoms with E-state index >= 15 is 0 Å². The first-order chi connectivity index (χ1) is 6.34. The van der Waals surface area contributed by atoms with Crippen molar-refractivity contribution in [3.8, 4) is 0 Å². The van der Waals surface area contributed by atoms with E-state index in [9.17, 15) is 0 Å². The van der Waals surface area contributed by atoms with Gasteiger partial charge in [0.2, 0.25) is 0 Å². The van der Waals surface area contributed by atoms with Gasteiger partial charge in [0.05, 0.1) is 12.2 Å². The highest BCUT2D eigenvalue weighted by molar-refractivity contribution is 5.85. The summed E-state index contributed by atoms with van der Waals surface area (Å²) in [5.41, 5.74) is 0. The van der Waals surface area contributed by atoms with E-state index in [-0.39, 0.29) is 24.8 Å². The molecule has 1 atom stereocenters. The summed E-state index contributed by atoms with van der Waals surface area (Å²) >= 11 is 0. The van der Waals surface area contributed by atoms with Crippen molar-refractivity contribution in [3.63, 3.8) is 0 Å². The van der Waals surface area contributed by atoms with E-state index < -0.39 is 0 Å². The first-order valence-corrected chi connectivity index (χ1v) is 5.39. The number of hydrogen-bond acceptors (Lipinski definition) is 3. The molecule has 0 aromatic rings. The quantitative estimate of drug-likeness (QED) is 0.807. The molecule has 2 saturated heterocycles. The number of rotatable bonds is 2. The van der Waals surface area contributed by atoms with E-state index in [1.54, 1.807) is 0 Å². The highest BCUT2D eigenvalue weighted by Gasteiger charge is 2.22. The second kappa shape index (κ2) is 7.69. The van der Waals surface area contributed by atoms with E-state index in [1.165, 1.54) is 32.4 Å². The number of nitrogens with zero attached hydrogens (tertiary/aromatic N) is 1. The van der Waals surface area contributed by atoms with Gasteiger partial charge in [-0.05, 0) is 32.9 Å². The minimum absolute atomic E-state index is 0. The minimum atomic E-state index is 0. The highest BCUT2D eigenvalue weighted by Crippen LogP contribution is 2.16. The lowest BCUT2D eigenvalue weighted by Crippen LogP contribution is -2.36. The van der Waals surface area contributed by atoms with Crippen LogP contribution < -0.4 is 5.32 Å². The second-order valence-electron chi connectivity index (χ2n) is 4.25. The molecule has 2 fully saturated rings. The Labute approximate surface area is 105 Å². The summed E-state index contributed by atoms with van der Waals surface area (Å²) in [5.74, 6) is 0. The van der Waals surface area contributed by atoms with Gasteiger partial charge in [0.25, 0.3) is 0 Å². The van der Waals surface area contributed by atoms with Crippen LogP contribution in [0.3, 0.4) is 0 Å². The number of halogens is 2. The third-order valence-corrected chi connectivity index (χ3v) is 3.07. The fraction of sp³-hybridized carbons (Fsp3) is 1.00. The lowest BCUT2D eigenvalue weighted by atomic mass is 10.1. The summed E-state index contributed by atoms with van der Waals surface area (Å²) in [5, 5.41) is 3.34. The van der Waals surface area contributed by atoms with Crippen molar-refractivity contribution in [2.45, 2.75) is 31.5 Å². The van der Waals surface area contributed by atoms with Gasteiger partial charge in [0.15, 0.2) is 0 Å². The third-order valence-electron chi connectivity index (χ3n) is 3.07. The summed E-state index contributed by atoms with van der Waals surface area (Å²) in [6.45, 7) is 4.60. The lowest BCUT2D eigenvalue weighted by Gasteiger charge is -2.30. The highest BCUT2D eigenvalue weighted by atomic mass is 35.5. The molecular weight excluding hydrogens is 235 g/mol. The Kier molecular flexibility index (Phi) is 7.92. The monoisotopic (exact) mass is 256 g/mol. The summed E-state index contributed by atoms with van der Waals surface area (Å²) in [6, 6.07) is 0. The summed E-state index contributed by atoms with van der Waals surface area (Å²) < 4.78 is 6.01. The predicted molar refractivity (Wildman–Crippen MR) is 67.4 cm³/mol. The zero-order chi connectivity index (χ0) is 9.10. The van der Waals surface area contributed by atoms with Gasteiger partial charge < -0.3 is 15.0 Å². The molecule has 2 aliphatic rings. The van der Waals surface area contributed by atoms with Crippen molar-refractivity contribution in [2.24, 2.45) is 0 Å². The molecule has 2 heterocycles. The molecule has 0 radical (unpaired) electrons. The molecule has 3 nitrogen and oxygen atoms in total. The van der Waals surface area contributed by atoms with E-state index in [4.69, 9.17) is 4.74 Å². The number of hydrogen-bond donors (Lipinski definition) is 1. The maximum Gasteiger partial charge on any atom is 0.0715 e. The molecule has 0 amide bonds. The average molecular weight is 257 g/mol. The van der Waals surface area contributed by atoms with Gasteiger partial charge >= 0.3 is 0 Å². The summed E-state index contributed by atoms with van der Waals surface area (Å²) in [7, 11) is 2.19. The maximum absolute atomic E-state index is 6.01. The zero-order valence-electron chi connectivity index (χ0n) is 9.28. The van der Waals surface area contributed by atoms with Crippen LogP contribution in [0.4, 0.5) is 0 Å². The van der Waals surface area contributed by atoms with Crippen molar-refractivity contribution in [1.82, 2.24) is 10.2 Å². The normalized spacial score (nSPS) is 28.2. The largest absolute Gasteiger partial charge is 0.374 e. The molecular formula is C10H22Cl2N2O. The number of likely N-dealkylation sites (tertiary alicyclic amines) is 1. The Morgan fingerprint density at radius 2 is 1.73 bits per heavy atom. The van der Waals surface area contributed by atoms with Gasteiger partial charge in [-0.2, -0.15) is 0 Å². The van der Waals surface area contributed by atoms with Crippen molar-refractivity contribution in [2.75, 3.05) is 33.2 Å². The van der Waals surface area contributed by atoms with E-state index in [0.29, 0.717) is 12.2 Å². The van der Waals surface area contributed by atoms with Crippen molar-refractivity contribution < 1.29 is 4.74 Å². The van der Waals surface area contributed by atoms with E-state index in [0.717, 1.165) is 13.1 Å². The van der Waals surface area contributed by atoms with E-state index in [1.807, 2.05) is 0 Å². The van der Waals surface area contributed by atoms with Crippen LogP contribution >= 0.6 is 24.8 Å². The van der Waals surface area contributed by atoms with Crippen LogP contribution in [0.15, 0.2) is 0 Å². The summed E-state index contributed by atoms with van der Waals surface area (Å²) in [6.07, 6.45) is 4.65. The molecule has 0 aromatic carbocycles. The predicted octanol–water partition coefficient (Wildman–Crippen LogP) is 1.30. The van der Waals surface area contributed by atoms with Crippen LogP contribution in [0.1, 0.15) is 19.3 Å². The minimum Gasteiger partial charge on any atom is -0.374 e. The fourth-order valence-electron chi connectivity index (χ4n) is 2.14. The topological polar surface area (TPSA) is 24.5 Å². The molecule has 0 spiro atoms. The standard InChI is InChI=1S/C10H20N2O.2ClH/c1-12-6-3-9(4-7-12)13-10-2-5-11-8-10;;/h9-11H,2-8H2,1H3;2*1H.